The number of rotatable bonds is 3. The first-order valence-electron chi connectivity index (χ1n) is 5.95. The van der Waals surface area contributed by atoms with Crippen molar-refractivity contribution in [3.8, 4) is 5.75 Å². The first-order chi connectivity index (χ1) is 8.74. The fourth-order valence-corrected chi connectivity index (χ4v) is 1.93. The van der Waals surface area contributed by atoms with Crippen LogP contribution in [0, 0.1) is 6.92 Å². The Morgan fingerprint density at radius 3 is 2.94 bits per heavy atom. The number of carbonyl (C=O) groups is 1. The van der Waals surface area contributed by atoms with Gasteiger partial charge in [0.2, 0.25) is 0 Å². The van der Waals surface area contributed by atoms with Crippen LogP contribution in [-0.2, 0) is 0 Å². The van der Waals surface area contributed by atoms with Gasteiger partial charge < -0.3 is 9.15 Å². The van der Waals surface area contributed by atoms with Crippen LogP contribution in [-0.4, -0.2) is 11.0 Å². The molecule has 1 heterocycles. The van der Waals surface area contributed by atoms with Gasteiger partial charge in [0, 0.05) is 0 Å². The molecule has 1 fully saturated rings. The topological polar surface area (TPSA) is 52.3 Å². The molecule has 0 aliphatic heterocycles. The lowest BCUT2D eigenvalue weighted by Gasteiger charge is -2.09. The third-order valence-electron chi connectivity index (χ3n) is 3.03. The molecule has 0 spiro atoms. The Morgan fingerprint density at radius 1 is 1.44 bits per heavy atom. The summed E-state index contributed by atoms with van der Waals surface area (Å²) in [7, 11) is 0. The first-order valence-corrected chi connectivity index (χ1v) is 5.95. The average Bonchev–Trinajstić information content (AvgIpc) is 3.04. The largest absolute Gasteiger partial charge is 0.451 e. The van der Waals surface area contributed by atoms with Gasteiger partial charge in [-0.05, 0) is 42.9 Å². The Labute approximate surface area is 105 Å². The van der Waals surface area contributed by atoms with Crippen molar-refractivity contribution in [2.24, 2.45) is 0 Å². The summed E-state index contributed by atoms with van der Waals surface area (Å²) in [5.41, 5.74) is 2.37. The van der Waals surface area contributed by atoms with Gasteiger partial charge in [0.1, 0.15) is 12.0 Å². The van der Waals surface area contributed by atoms with E-state index >= 15 is 0 Å². The molecule has 0 saturated heterocycles. The summed E-state index contributed by atoms with van der Waals surface area (Å²) in [6.07, 6.45) is 4.83. The maximum Gasteiger partial charge on any atom is 0.365 e. The first kappa shape index (κ1) is 11.0. The maximum atomic E-state index is 11.8. The number of hydrogen-bond donors (Lipinski definition) is 0. The third-order valence-corrected chi connectivity index (χ3v) is 3.03. The smallest absolute Gasteiger partial charge is 0.365 e. The van der Waals surface area contributed by atoms with Crippen molar-refractivity contribution in [2.75, 3.05) is 0 Å². The minimum atomic E-state index is -0.476. The molecule has 1 aliphatic carbocycles. The number of benzene rings is 1. The van der Waals surface area contributed by atoms with Crippen molar-refractivity contribution in [3.63, 3.8) is 0 Å². The molecule has 2 aromatic rings. The number of hydrogen-bond acceptors (Lipinski definition) is 4. The summed E-state index contributed by atoms with van der Waals surface area (Å²) >= 11 is 0. The van der Waals surface area contributed by atoms with E-state index in [1.807, 2.05) is 25.1 Å². The van der Waals surface area contributed by atoms with Crippen molar-refractivity contribution < 1.29 is 13.9 Å². The van der Waals surface area contributed by atoms with Crippen LogP contribution in [0.25, 0.3) is 0 Å². The highest BCUT2D eigenvalue weighted by Gasteiger charge is 2.27. The Balaban J connectivity index is 1.87. The molecule has 4 nitrogen and oxygen atoms in total. The standard InChI is InChI=1S/C14H13NO3/c1-9-2-5-11(10-3-4-10)13(6-9)18-14(16)12-7-17-8-15-12/h2,5-8,10H,3-4H2,1H3. The van der Waals surface area contributed by atoms with E-state index in [0.717, 1.165) is 24.0 Å². The second-order valence-corrected chi connectivity index (χ2v) is 4.58. The normalized spacial score (nSPS) is 14.5. The molecule has 0 atom stereocenters. The number of aryl methyl sites for hydroxylation is 1. The minimum Gasteiger partial charge on any atom is -0.451 e. The predicted molar refractivity (Wildman–Crippen MR) is 64.6 cm³/mol. The Hall–Kier alpha value is -2.10. The summed E-state index contributed by atoms with van der Waals surface area (Å²) in [6.45, 7) is 1.98. The molecule has 92 valence electrons. The van der Waals surface area contributed by atoms with Crippen molar-refractivity contribution >= 4 is 5.97 Å². The molecule has 0 bridgehead atoms. The molecule has 18 heavy (non-hydrogen) atoms. The molecule has 3 rings (SSSR count). The summed E-state index contributed by atoms with van der Waals surface area (Å²) < 4.78 is 10.2. The van der Waals surface area contributed by atoms with Gasteiger partial charge in [-0.15, -0.1) is 0 Å². The monoisotopic (exact) mass is 243 g/mol. The van der Waals surface area contributed by atoms with Crippen LogP contribution < -0.4 is 4.74 Å². The number of esters is 1. The number of aromatic nitrogens is 1. The number of oxazole rings is 1. The van der Waals surface area contributed by atoms with Crippen LogP contribution in [0.15, 0.2) is 35.3 Å². The summed E-state index contributed by atoms with van der Waals surface area (Å²) in [5, 5.41) is 0. The molecule has 0 radical (unpaired) electrons. The van der Waals surface area contributed by atoms with Gasteiger partial charge in [-0.2, -0.15) is 0 Å². The van der Waals surface area contributed by atoms with Crippen molar-refractivity contribution in [3.05, 3.63) is 47.7 Å². The van der Waals surface area contributed by atoms with E-state index in [1.54, 1.807) is 0 Å². The van der Waals surface area contributed by atoms with Gasteiger partial charge >= 0.3 is 5.97 Å². The summed E-state index contributed by atoms with van der Waals surface area (Å²) in [5.74, 6) is 0.701. The Morgan fingerprint density at radius 2 is 2.28 bits per heavy atom. The lowest BCUT2D eigenvalue weighted by atomic mass is 10.1. The zero-order valence-electron chi connectivity index (χ0n) is 10.1. The van der Waals surface area contributed by atoms with Crippen molar-refractivity contribution in [1.82, 2.24) is 4.98 Å². The van der Waals surface area contributed by atoms with Crippen LogP contribution in [0.1, 0.15) is 40.4 Å². The second-order valence-electron chi connectivity index (χ2n) is 4.58. The van der Waals surface area contributed by atoms with Crippen molar-refractivity contribution in [1.29, 1.82) is 0 Å². The van der Waals surface area contributed by atoms with E-state index in [1.165, 1.54) is 12.7 Å². The molecular weight excluding hydrogens is 230 g/mol. The molecule has 4 heteroatoms. The lowest BCUT2D eigenvalue weighted by molar-refractivity contribution is 0.0727. The fourth-order valence-electron chi connectivity index (χ4n) is 1.93. The molecule has 0 N–H and O–H groups in total. The minimum absolute atomic E-state index is 0.193. The van der Waals surface area contributed by atoms with Gasteiger partial charge in [-0.3, -0.25) is 0 Å². The summed E-state index contributed by atoms with van der Waals surface area (Å²) in [4.78, 5) is 15.6. The van der Waals surface area contributed by atoms with Crippen LogP contribution in [0.5, 0.6) is 5.75 Å². The van der Waals surface area contributed by atoms with Crippen molar-refractivity contribution in [2.45, 2.75) is 25.7 Å². The zero-order valence-corrected chi connectivity index (χ0v) is 10.1. The number of carbonyl (C=O) groups excluding carboxylic acids is 1. The van der Waals surface area contributed by atoms with E-state index in [4.69, 9.17) is 9.15 Å². The van der Waals surface area contributed by atoms with E-state index in [9.17, 15) is 4.79 Å². The quantitative estimate of drug-likeness (QED) is 0.614. The maximum absolute atomic E-state index is 11.8. The molecular formula is C14H13NO3. The zero-order chi connectivity index (χ0) is 12.5. The van der Waals surface area contributed by atoms with E-state index in [-0.39, 0.29) is 5.69 Å². The highest BCUT2D eigenvalue weighted by molar-refractivity contribution is 5.88. The predicted octanol–water partition coefficient (Wildman–Crippen LogP) is 3.08. The molecule has 0 unspecified atom stereocenters. The Kier molecular flexibility index (Phi) is 2.63. The average molecular weight is 243 g/mol. The van der Waals surface area contributed by atoms with E-state index in [0.29, 0.717) is 11.7 Å². The van der Waals surface area contributed by atoms with E-state index in [2.05, 4.69) is 4.98 Å². The van der Waals surface area contributed by atoms with Gasteiger partial charge in [0.25, 0.3) is 0 Å². The van der Waals surface area contributed by atoms with Crippen LogP contribution in [0.3, 0.4) is 0 Å². The van der Waals surface area contributed by atoms with Gasteiger partial charge in [0.15, 0.2) is 12.1 Å². The van der Waals surface area contributed by atoms with Crippen LogP contribution >= 0.6 is 0 Å². The highest BCUT2D eigenvalue weighted by Crippen LogP contribution is 2.44. The van der Waals surface area contributed by atoms with Gasteiger partial charge in [-0.1, -0.05) is 12.1 Å². The number of nitrogens with zero attached hydrogens (tertiary/aromatic N) is 1. The van der Waals surface area contributed by atoms with Gasteiger partial charge in [-0.25, -0.2) is 9.78 Å². The molecule has 1 aromatic heterocycles. The molecule has 1 aliphatic rings. The summed E-state index contributed by atoms with van der Waals surface area (Å²) in [6, 6.07) is 5.98. The highest BCUT2D eigenvalue weighted by atomic mass is 16.5. The lowest BCUT2D eigenvalue weighted by Crippen LogP contribution is -2.10. The Bertz CT molecular complexity index is 571. The van der Waals surface area contributed by atoms with E-state index < -0.39 is 5.97 Å². The molecule has 0 amide bonds. The second kappa shape index (κ2) is 4.29. The van der Waals surface area contributed by atoms with Crippen LogP contribution in [0.2, 0.25) is 0 Å². The number of ether oxygens (including phenoxy) is 1. The molecule has 1 saturated carbocycles. The SMILES string of the molecule is Cc1ccc(C2CC2)c(OC(=O)c2cocn2)c1. The third kappa shape index (κ3) is 2.14. The van der Waals surface area contributed by atoms with Crippen LogP contribution in [0.4, 0.5) is 0 Å². The fraction of sp³-hybridized carbons (Fsp3) is 0.286. The van der Waals surface area contributed by atoms with Gasteiger partial charge in [0.05, 0.1) is 0 Å². The molecule has 1 aromatic carbocycles.